The molecule has 3 heterocycles. The summed E-state index contributed by atoms with van der Waals surface area (Å²) in [6.45, 7) is 2.10. The van der Waals surface area contributed by atoms with Crippen LogP contribution in [0.4, 0.5) is 0 Å². The Morgan fingerprint density at radius 1 is 1.12 bits per heavy atom. The van der Waals surface area contributed by atoms with Crippen LogP contribution in [0.2, 0.25) is 0 Å². The van der Waals surface area contributed by atoms with Crippen molar-refractivity contribution in [1.29, 1.82) is 0 Å². The molecule has 0 bridgehead atoms. The fourth-order valence-corrected chi connectivity index (χ4v) is 5.53. The van der Waals surface area contributed by atoms with Crippen molar-refractivity contribution in [1.82, 2.24) is 18.6 Å². The maximum atomic E-state index is 9.10. The molecule has 176 valence electrons. The van der Waals surface area contributed by atoms with Crippen molar-refractivity contribution in [2.75, 3.05) is 31.6 Å². The normalized spacial score (nSPS) is 13.9. The topological polar surface area (TPSA) is 130 Å². The van der Waals surface area contributed by atoms with Gasteiger partial charge in [-0.15, -0.1) is 11.8 Å². The van der Waals surface area contributed by atoms with Gasteiger partial charge in [-0.2, -0.15) is 8.75 Å². The summed E-state index contributed by atoms with van der Waals surface area (Å²) in [5, 5.41) is 16.6. The lowest BCUT2D eigenvalue weighted by molar-refractivity contribution is -0.159. The summed E-state index contributed by atoms with van der Waals surface area (Å²) < 4.78 is 14.8. The van der Waals surface area contributed by atoms with Crippen LogP contribution in [-0.2, 0) is 9.59 Å². The molecule has 4 rings (SSSR count). The zero-order chi connectivity index (χ0) is 23.6. The van der Waals surface area contributed by atoms with Crippen molar-refractivity contribution in [2.45, 2.75) is 29.5 Å². The molecule has 1 aliphatic heterocycles. The molecule has 0 radical (unpaired) electrons. The van der Waals surface area contributed by atoms with E-state index < -0.39 is 11.9 Å². The molecule has 0 atom stereocenters. The van der Waals surface area contributed by atoms with E-state index >= 15 is 0 Å². The van der Waals surface area contributed by atoms with Gasteiger partial charge in [-0.1, -0.05) is 30.0 Å². The van der Waals surface area contributed by atoms with Crippen LogP contribution in [0.5, 0.6) is 0 Å². The SMILES string of the molecule is CN1CCC=C(c2nsnc2SCCCCSc2nc3ccccc3o2)C1.O=C(O)C(=O)O. The number of carboxylic acids is 2. The van der Waals surface area contributed by atoms with Crippen LogP contribution in [0.25, 0.3) is 16.7 Å². The van der Waals surface area contributed by atoms with E-state index in [9.17, 15) is 0 Å². The molecule has 3 aromatic rings. The molecule has 1 aliphatic rings. The summed E-state index contributed by atoms with van der Waals surface area (Å²) in [4.78, 5) is 25.0. The molecule has 2 N–H and O–H groups in total. The van der Waals surface area contributed by atoms with E-state index in [1.54, 1.807) is 11.8 Å². The number of carbonyl (C=O) groups is 2. The maximum Gasteiger partial charge on any atom is 0.414 e. The van der Waals surface area contributed by atoms with Gasteiger partial charge in [0.15, 0.2) is 5.58 Å². The number of oxazole rings is 1. The first kappa shape index (κ1) is 25.2. The molecule has 33 heavy (non-hydrogen) atoms. The number of aromatic nitrogens is 3. The van der Waals surface area contributed by atoms with Crippen molar-refractivity contribution in [3.8, 4) is 0 Å². The Balaban J connectivity index is 0.000000454. The number of aliphatic carboxylic acids is 2. The number of para-hydroxylation sites is 2. The standard InChI is InChI=1S/C19H22N4OS3.C2H2O4/c1-23-10-6-7-14(13-23)17-18(22-27-21-17)25-11-4-5-12-26-19-20-15-8-2-3-9-16(15)24-19;3-1(4)2(5)6/h2-3,7-9H,4-6,10-13H2,1H3;(H,3,4)(H,5,6). The predicted molar refractivity (Wildman–Crippen MR) is 130 cm³/mol. The maximum absolute atomic E-state index is 9.10. The van der Waals surface area contributed by atoms with Gasteiger partial charge in [0.2, 0.25) is 0 Å². The van der Waals surface area contributed by atoms with Gasteiger partial charge in [-0.3, -0.25) is 0 Å². The van der Waals surface area contributed by atoms with Crippen LogP contribution in [0.1, 0.15) is 25.0 Å². The third-order valence-corrected chi connectivity index (χ3v) is 7.17. The zero-order valence-electron chi connectivity index (χ0n) is 18.0. The molecule has 12 heteroatoms. The number of hydrogen-bond acceptors (Lipinski definition) is 10. The lowest BCUT2D eigenvalue weighted by atomic mass is 10.1. The van der Waals surface area contributed by atoms with Crippen molar-refractivity contribution >= 4 is 63.9 Å². The number of benzene rings is 1. The number of unbranched alkanes of at least 4 members (excludes halogenated alkanes) is 1. The third kappa shape index (κ3) is 7.84. The highest BCUT2D eigenvalue weighted by atomic mass is 32.2. The van der Waals surface area contributed by atoms with Gasteiger partial charge in [0, 0.05) is 18.8 Å². The molecular weight excluding hydrogens is 484 g/mol. The highest BCUT2D eigenvalue weighted by Crippen LogP contribution is 2.30. The van der Waals surface area contributed by atoms with E-state index in [-0.39, 0.29) is 0 Å². The highest BCUT2D eigenvalue weighted by molar-refractivity contribution is 7.99. The zero-order valence-corrected chi connectivity index (χ0v) is 20.4. The number of likely N-dealkylation sites (N-methyl/N-ethyl adjacent to an activating group) is 1. The van der Waals surface area contributed by atoms with E-state index in [1.807, 2.05) is 36.0 Å². The first-order valence-electron chi connectivity index (χ1n) is 10.2. The van der Waals surface area contributed by atoms with Gasteiger partial charge in [-0.25, -0.2) is 14.6 Å². The minimum Gasteiger partial charge on any atom is -0.473 e. The van der Waals surface area contributed by atoms with Gasteiger partial charge >= 0.3 is 11.9 Å². The first-order valence-corrected chi connectivity index (χ1v) is 12.9. The number of rotatable bonds is 8. The number of fused-ring (bicyclic) bond motifs is 1. The minimum absolute atomic E-state index is 0.767. The number of thioether (sulfide) groups is 2. The van der Waals surface area contributed by atoms with Gasteiger partial charge in [-0.05, 0) is 49.8 Å². The quantitative estimate of drug-likeness (QED) is 0.258. The first-order chi connectivity index (χ1) is 15.9. The average Bonchev–Trinajstić information content (AvgIpc) is 3.43. The third-order valence-electron chi connectivity index (χ3n) is 4.56. The number of hydrogen-bond donors (Lipinski definition) is 2. The lowest BCUT2D eigenvalue weighted by Gasteiger charge is -2.22. The van der Waals surface area contributed by atoms with E-state index in [0.717, 1.165) is 70.9 Å². The average molecular weight is 509 g/mol. The Morgan fingerprint density at radius 3 is 2.55 bits per heavy atom. The summed E-state index contributed by atoms with van der Waals surface area (Å²) >= 11 is 4.84. The van der Waals surface area contributed by atoms with Crippen LogP contribution < -0.4 is 0 Å². The second-order valence-corrected chi connectivity index (χ2v) is 9.79. The molecule has 1 aromatic carbocycles. The molecular formula is C21H24N4O5S3. The van der Waals surface area contributed by atoms with Crippen molar-refractivity contribution in [3.05, 3.63) is 36.0 Å². The molecule has 0 aliphatic carbocycles. The van der Waals surface area contributed by atoms with Gasteiger partial charge < -0.3 is 19.5 Å². The molecule has 0 fully saturated rings. The predicted octanol–water partition coefficient (Wildman–Crippen LogP) is 4.22. The molecule has 0 amide bonds. The van der Waals surface area contributed by atoms with E-state index in [1.165, 1.54) is 17.3 Å². The Hall–Kier alpha value is -2.41. The molecule has 9 nitrogen and oxygen atoms in total. The van der Waals surface area contributed by atoms with Crippen molar-refractivity contribution < 1.29 is 24.2 Å². The van der Waals surface area contributed by atoms with E-state index in [2.05, 4.69) is 31.8 Å². The summed E-state index contributed by atoms with van der Waals surface area (Å²) in [7, 11) is 2.16. The smallest absolute Gasteiger partial charge is 0.414 e. The van der Waals surface area contributed by atoms with E-state index in [4.69, 9.17) is 24.2 Å². The molecule has 2 aromatic heterocycles. The minimum atomic E-state index is -1.82. The Labute approximate surface area is 203 Å². The van der Waals surface area contributed by atoms with Crippen molar-refractivity contribution in [2.24, 2.45) is 0 Å². The highest BCUT2D eigenvalue weighted by Gasteiger charge is 2.17. The summed E-state index contributed by atoms with van der Waals surface area (Å²) in [5.41, 5.74) is 4.22. The molecule has 0 spiro atoms. The number of nitrogens with zero attached hydrogens (tertiary/aromatic N) is 4. The van der Waals surface area contributed by atoms with E-state index in [0.29, 0.717) is 0 Å². The molecule has 0 saturated heterocycles. The Kier molecular flexibility index (Phi) is 9.73. The van der Waals surface area contributed by atoms with Crippen LogP contribution in [0, 0.1) is 0 Å². The fourth-order valence-electron chi connectivity index (χ4n) is 2.98. The summed E-state index contributed by atoms with van der Waals surface area (Å²) in [6.07, 6.45) is 5.70. The second-order valence-electron chi connectivity index (χ2n) is 7.14. The largest absolute Gasteiger partial charge is 0.473 e. The Morgan fingerprint density at radius 2 is 1.85 bits per heavy atom. The summed E-state index contributed by atoms with van der Waals surface area (Å²) in [6, 6.07) is 7.90. The molecule has 0 unspecified atom stereocenters. The second kappa shape index (κ2) is 12.7. The lowest BCUT2D eigenvalue weighted by Crippen LogP contribution is -2.25. The van der Waals surface area contributed by atoms with Gasteiger partial charge in [0.05, 0.1) is 11.7 Å². The van der Waals surface area contributed by atoms with Gasteiger partial charge in [0.1, 0.15) is 16.2 Å². The number of carboxylic acid groups (broad SMARTS) is 2. The molecule has 0 saturated carbocycles. The summed E-state index contributed by atoms with van der Waals surface area (Å²) in [5.74, 6) is -1.56. The van der Waals surface area contributed by atoms with Crippen LogP contribution in [0.15, 0.2) is 45.0 Å². The van der Waals surface area contributed by atoms with Crippen LogP contribution in [-0.4, -0.2) is 72.4 Å². The fraction of sp³-hybridized carbons (Fsp3) is 0.381. The van der Waals surface area contributed by atoms with Crippen LogP contribution >= 0.6 is 35.3 Å². The Bertz CT molecular complexity index is 1070. The monoisotopic (exact) mass is 508 g/mol. The van der Waals surface area contributed by atoms with Crippen LogP contribution in [0.3, 0.4) is 0 Å². The van der Waals surface area contributed by atoms with Gasteiger partial charge in [0.25, 0.3) is 5.22 Å². The van der Waals surface area contributed by atoms with Crippen molar-refractivity contribution in [3.63, 3.8) is 0 Å².